The molecule has 1 aromatic rings. The van der Waals surface area contributed by atoms with E-state index in [1.165, 1.54) is 13.2 Å². The molecule has 0 bridgehead atoms. The zero-order valence-corrected chi connectivity index (χ0v) is 13.1. The first-order valence-electron chi connectivity index (χ1n) is 8.00. The van der Waals surface area contributed by atoms with Gasteiger partial charge in [0, 0.05) is 37.9 Å². The van der Waals surface area contributed by atoms with Gasteiger partial charge < -0.3 is 14.6 Å². The fourth-order valence-corrected chi connectivity index (χ4v) is 3.50. The average molecular weight is 309 g/mol. The molecule has 0 radical (unpaired) electrons. The Morgan fingerprint density at radius 2 is 2.18 bits per heavy atom. The molecule has 2 aliphatic rings. The van der Waals surface area contributed by atoms with Crippen LogP contribution in [0.2, 0.25) is 0 Å². The maximum Gasteiger partial charge on any atom is 0.131 e. The topological polar surface area (TPSA) is 41.9 Å². The Balaban J connectivity index is 1.60. The molecule has 1 spiro atoms. The van der Waals surface area contributed by atoms with Crippen LogP contribution in [0.5, 0.6) is 5.75 Å². The third kappa shape index (κ3) is 3.12. The minimum atomic E-state index is -0.368. The van der Waals surface area contributed by atoms with Crippen LogP contribution >= 0.6 is 0 Å². The largest absolute Gasteiger partial charge is 0.497 e. The Morgan fingerprint density at radius 3 is 2.82 bits per heavy atom. The molecule has 2 saturated heterocycles. The van der Waals surface area contributed by atoms with Gasteiger partial charge in [0.05, 0.1) is 18.8 Å². The zero-order chi connectivity index (χ0) is 15.6. The number of hydrogen-bond acceptors (Lipinski definition) is 4. The molecule has 2 heterocycles. The monoisotopic (exact) mass is 309 g/mol. The summed E-state index contributed by atoms with van der Waals surface area (Å²) in [5, 5.41) is 10.2. The van der Waals surface area contributed by atoms with Gasteiger partial charge in [-0.25, -0.2) is 4.39 Å². The lowest BCUT2D eigenvalue weighted by molar-refractivity contribution is -0.177. The van der Waals surface area contributed by atoms with Crippen LogP contribution in [0.1, 0.15) is 31.2 Å². The van der Waals surface area contributed by atoms with E-state index in [9.17, 15) is 9.50 Å². The molecule has 0 aromatic heterocycles. The van der Waals surface area contributed by atoms with Crippen LogP contribution in [0.4, 0.5) is 4.39 Å². The number of ether oxygens (including phenoxy) is 2. The van der Waals surface area contributed by atoms with Crippen molar-refractivity contribution in [2.45, 2.75) is 43.9 Å². The lowest BCUT2D eigenvalue weighted by Gasteiger charge is -2.46. The SMILES string of the molecule is COc1ccc(CN2CCC3(CC2)OCCCC3O)c(F)c1. The molecule has 1 N–H and O–H groups in total. The fraction of sp³-hybridized carbons (Fsp3) is 0.647. The predicted octanol–water partition coefficient (Wildman–Crippen LogP) is 2.34. The Kier molecular flexibility index (Phi) is 4.66. The molecule has 2 fully saturated rings. The van der Waals surface area contributed by atoms with Gasteiger partial charge in [0.15, 0.2) is 0 Å². The molecule has 2 aliphatic heterocycles. The first-order chi connectivity index (χ1) is 10.6. The summed E-state index contributed by atoms with van der Waals surface area (Å²) in [4.78, 5) is 2.22. The quantitative estimate of drug-likeness (QED) is 0.930. The van der Waals surface area contributed by atoms with Crippen molar-refractivity contribution < 1.29 is 19.0 Å². The van der Waals surface area contributed by atoms with Crippen molar-refractivity contribution in [3.63, 3.8) is 0 Å². The Morgan fingerprint density at radius 1 is 1.41 bits per heavy atom. The van der Waals surface area contributed by atoms with Crippen molar-refractivity contribution in [1.82, 2.24) is 4.90 Å². The maximum absolute atomic E-state index is 14.0. The molecular formula is C17H24FNO3. The third-order valence-electron chi connectivity index (χ3n) is 4.98. The number of benzene rings is 1. The first kappa shape index (κ1) is 15.7. The van der Waals surface area contributed by atoms with E-state index in [0.717, 1.165) is 45.4 Å². The number of aliphatic hydroxyl groups is 1. The van der Waals surface area contributed by atoms with Crippen LogP contribution in [0.25, 0.3) is 0 Å². The van der Waals surface area contributed by atoms with Gasteiger partial charge in [-0.15, -0.1) is 0 Å². The van der Waals surface area contributed by atoms with Gasteiger partial charge in [0.2, 0.25) is 0 Å². The van der Waals surface area contributed by atoms with E-state index >= 15 is 0 Å². The second kappa shape index (κ2) is 6.52. The Bertz CT molecular complexity index is 515. The summed E-state index contributed by atoms with van der Waals surface area (Å²) >= 11 is 0. The predicted molar refractivity (Wildman–Crippen MR) is 81.4 cm³/mol. The van der Waals surface area contributed by atoms with Gasteiger partial charge in [0.25, 0.3) is 0 Å². The highest BCUT2D eigenvalue weighted by Gasteiger charge is 2.43. The molecule has 0 amide bonds. The van der Waals surface area contributed by atoms with E-state index in [4.69, 9.17) is 9.47 Å². The summed E-state index contributed by atoms with van der Waals surface area (Å²) in [7, 11) is 1.54. The fourth-order valence-electron chi connectivity index (χ4n) is 3.50. The molecule has 22 heavy (non-hydrogen) atoms. The highest BCUT2D eigenvalue weighted by Crippen LogP contribution is 2.35. The van der Waals surface area contributed by atoms with Gasteiger partial charge in [-0.3, -0.25) is 4.90 Å². The summed E-state index contributed by atoms with van der Waals surface area (Å²) in [6.45, 7) is 2.97. The van der Waals surface area contributed by atoms with Crippen LogP contribution in [0.15, 0.2) is 18.2 Å². The van der Waals surface area contributed by atoms with E-state index in [0.29, 0.717) is 17.9 Å². The standard InChI is InChI=1S/C17H24FNO3/c1-21-14-5-4-13(15(18)11-14)12-19-8-6-17(7-9-19)16(20)3-2-10-22-17/h4-5,11,16,20H,2-3,6-10,12H2,1H3. The summed E-state index contributed by atoms with van der Waals surface area (Å²) in [5.41, 5.74) is 0.314. The van der Waals surface area contributed by atoms with E-state index in [1.807, 2.05) is 0 Å². The van der Waals surface area contributed by atoms with Gasteiger partial charge in [-0.05, 0) is 31.7 Å². The lowest BCUT2D eigenvalue weighted by Crippen LogP contribution is -2.55. The number of piperidine rings is 1. The maximum atomic E-state index is 14.0. The van der Waals surface area contributed by atoms with E-state index in [2.05, 4.69) is 4.90 Å². The van der Waals surface area contributed by atoms with Gasteiger partial charge in [0.1, 0.15) is 11.6 Å². The zero-order valence-electron chi connectivity index (χ0n) is 13.1. The number of aliphatic hydroxyl groups excluding tert-OH is 1. The van der Waals surface area contributed by atoms with Crippen LogP contribution in [0, 0.1) is 5.82 Å². The molecule has 0 saturated carbocycles. The number of hydrogen-bond donors (Lipinski definition) is 1. The Labute approximate surface area is 130 Å². The minimum absolute atomic E-state index is 0.228. The van der Waals surface area contributed by atoms with Gasteiger partial charge in [-0.1, -0.05) is 6.07 Å². The highest BCUT2D eigenvalue weighted by atomic mass is 19.1. The van der Waals surface area contributed by atoms with E-state index in [1.54, 1.807) is 12.1 Å². The number of methoxy groups -OCH3 is 1. The second-order valence-corrected chi connectivity index (χ2v) is 6.30. The summed E-state index contributed by atoms with van der Waals surface area (Å²) in [6, 6.07) is 5.00. The molecular weight excluding hydrogens is 285 g/mol. The van der Waals surface area contributed by atoms with Crippen molar-refractivity contribution in [3.05, 3.63) is 29.6 Å². The van der Waals surface area contributed by atoms with E-state index in [-0.39, 0.29) is 17.5 Å². The van der Waals surface area contributed by atoms with Crippen molar-refractivity contribution in [2.75, 3.05) is 26.8 Å². The van der Waals surface area contributed by atoms with Gasteiger partial charge >= 0.3 is 0 Å². The second-order valence-electron chi connectivity index (χ2n) is 6.30. The van der Waals surface area contributed by atoms with Crippen LogP contribution < -0.4 is 4.74 Å². The number of halogens is 1. The van der Waals surface area contributed by atoms with Crippen molar-refractivity contribution >= 4 is 0 Å². The molecule has 0 aliphatic carbocycles. The third-order valence-corrected chi connectivity index (χ3v) is 4.98. The number of rotatable bonds is 3. The average Bonchev–Trinajstić information content (AvgIpc) is 2.54. The van der Waals surface area contributed by atoms with Crippen LogP contribution in [0.3, 0.4) is 0 Å². The van der Waals surface area contributed by atoms with Crippen LogP contribution in [-0.2, 0) is 11.3 Å². The van der Waals surface area contributed by atoms with Crippen LogP contribution in [-0.4, -0.2) is 48.5 Å². The molecule has 3 rings (SSSR count). The molecule has 1 unspecified atom stereocenters. The summed E-state index contributed by atoms with van der Waals surface area (Å²) in [6.07, 6.45) is 3.02. The number of likely N-dealkylation sites (tertiary alicyclic amines) is 1. The Hall–Kier alpha value is -1.17. The summed E-state index contributed by atoms with van der Waals surface area (Å²) in [5.74, 6) is 0.311. The molecule has 1 atom stereocenters. The lowest BCUT2D eigenvalue weighted by atomic mass is 9.82. The summed E-state index contributed by atoms with van der Waals surface area (Å²) < 4.78 is 25.0. The molecule has 4 nitrogen and oxygen atoms in total. The minimum Gasteiger partial charge on any atom is -0.497 e. The first-order valence-corrected chi connectivity index (χ1v) is 8.00. The highest BCUT2D eigenvalue weighted by molar-refractivity contribution is 5.28. The normalized spacial score (nSPS) is 25.3. The van der Waals surface area contributed by atoms with Crippen molar-refractivity contribution in [2.24, 2.45) is 0 Å². The van der Waals surface area contributed by atoms with Crippen molar-refractivity contribution in [3.8, 4) is 5.75 Å². The van der Waals surface area contributed by atoms with Gasteiger partial charge in [-0.2, -0.15) is 0 Å². The van der Waals surface area contributed by atoms with Crippen molar-refractivity contribution in [1.29, 1.82) is 0 Å². The molecule has 122 valence electrons. The van der Waals surface area contributed by atoms with E-state index < -0.39 is 0 Å². The smallest absolute Gasteiger partial charge is 0.131 e. The molecule has 5 heteroatoms. The molecule has 1 aromatic carbocycles. The number of nitrogens with zero attached hydrogens (tertiary/aromatic N) is 1.